The number of carbonyl (C=O) groups excluding carboxylic acids is 2. The first-order valence-corrected chi connectivity index (χ1v) is 8.27. The molecule has 0 aromatic heterocycles. The van der Waals surface area contributed by atoms with Gasteiger partial charge < -0.3 is 19.7 Å². The molecule has 1 saturated heterocycles. The predicted molar refractivity (Wildman–Crippen MR) is 90.6 cm³/mol. The van der Waals surface area contributed by atoms with Gasteiger partial charge in [-0.05, 0) is 25.0 Å². The average Bonchev–Trinajstić information content (AvgIpc) is 2.61. The van der Waals surface area contributed by atoms with E-state index in [2.05, 4.69) is 11.9 Å². The van der Waals surface area contributed by atoms with Gasteiger partial charge in [0.2, 0.25) is 11.8 Å². The van der Waals surface area contributed by atoms with E-state index >= 15 is 0 Å². The van der Waals surface area contributed by atoms with E-state index < -0.39 is 0 Å². The molecule has 128 valence electrons. The molecular formula is C17H19ClN2O4. The smallest absolute Gasteiger partial charge is 0.245 e. The molecule has 2 heterocycles. The van der Waals surface area contributed by atoms with Crippen LogP contribution in [0, 0.1) is 5.92 Å². The van der Waals surface area contributed by atoms with Gasteiger partial charge in [-0.1, -0.05) is 18.2 Å². The zero-order chi connectivity index (χ0) is 17.1. The molecule has 1 aromatic rings. The number of rotatable bonds is 3. The number of hydrogen-bond acceptors (Lipinski definition) is 4. The third-order valence-corrected chi connectivity index (χ3v) is 4.50. The molecule has 2 aliphatic heterocycles. The molecule has 3 rings (SSSR count). The Balaban J connectivity index is 1.62. The van der Waals surface area contributed by atoms with E-state index in [1.807, 2.05) is 0 Å². The highest BCUT2D eigenvalue weighted by Crippen LogP contribution is 2.40. The van der Waals surface area contributed by atoms with E-state index in [0.717, 1.165) is 0 Å². The van der Waals surface area contributed by atoms with Crippen molar-refractivity contribution in [3.63, 3.8) is 0 Å². The number of amides is 2. The SMILES string of the molecule is C=CC(=O)N1CCC(C(=O)Nc2cc(Cl)c3c(c2)OCCO3)CC1. The summed E-state index contributed by atoms with van der Waals surface area (Å²) >= 11 is 6.18. The van der Waals surface area contributed by atoms with E-state index in [1.165, 1.54) is 6.08 Å². The lowest BCUT2D eigenvalue weighted by Gasteiger charge is -2.30. The van der Waals surface area contributed by atoms with E-state index in [1.54, 1.807) is 17.0 Å². The van der Waals surface area contributed by atoms with Crippen molar-refractivity contribution in [1.29, 1.82) is 0 Å². The molecule has 1 N–H and O–H groups in total. The third kappa shape index (κ3) is 3.48. The number of nitrogens with zero attached hydrogens (tertiary/aromatic N) is 1. The predicted octanol–water partition coefficient (Wildman–Crippen LogP) is 2.47. The number of halogens is 1. The summed E-state index contributed by atoms with van der Waals surface area (Å²) in [6.07, 6.45) is 2.56. The highest BCUT2D eigenvalue weighted by atomic mass is 35.5. The second-order valence-corrected chi connectivity index (χ2v) is 6.18. The fraction of sp³-hybridized carbons (Fsp3) is 0.412. The highest BCUT2D eigenvalue weighted by molar-refractivity contribution is 6.32. The van der Waals surface area contributed by atoms with Crippen molar-refractivity contribution < 1.29 is 19.1 Å². The van der Waals surface area contributed by atoms with Crippen molar-refractivity contribution in [3.05, 3.63) is 29.8 Å². The number of nitrogens with one attached hydrogen (secondary N) is 1. The van der Waals surface area contributed by atoms with E-state index in [4.69, 9.17) is 21.1 Å². The fourth-order valence-corrected chi connectivity index (χ4v) is 3.18. The number of likely N-dealkylation sites (tertiary alicyclic amines) is 1. The minimum Gasteiger partial charge on any atom is -0.486 e. The molecule has 2 amide bonds. The van der Waals surface area contributed by atoms with Gasteiger partial charge in [-0.25, -0.2) is 0 Å². The number of piperidine rings is 1. The summed E-state index contributed by atoms with van der Waals surface area (Å²) in [5, 5.41) is 3.29. The molecule has 0 atom stereocenters. The van der Waals surface area contributed by atoms with Gasteiger partial charge in [-0.2, -0.15) is 0 Å². The first kappa shape index (κ1) is 16.6. The minimum absolute atomic E-state index is 0.0755. The first-order chi connectivity index (χ1) is 11.6. The molecular weight excluding hydrogens is 332 g/mol. The van der Waals surface area contributed by atoms with Crippen LogP contribution in [0.15, 0.2) is 24.8 Å². The lowest BCUT2D eigenvalue weighted by atomic mass is 9.95. The Morgan fingerprint density at radius 1 is 1.25 bits per heavy atom. The molecule has 1 fully saturated rings. The third-order valence-electron chi connectivity index (χ3n) is 4.22. The number of fused-ring (bicyclic) bond motifs is 1. The highest BCUT2D eigenvalue weighted by Gasteiger charge is 2.27. The lowest BCUT2D eigenvalue weighted by molar-refractivity contribution is -0.130. The van der Waals surface area contributed by atoms with Crippen LogP contribution in [0.2, 0.25) is 5.02 Å². The number of ether oxygens (including phenoxy) is 2. The summed E-state index contributed by atoms with van der Waals surface area (Å²) < 4.78 is 11.0. The van der Waals surface area contributed by atoms with Crippen molar-refractivity contribution in [2.75, 3.05) is 31.6 Å². The maximum Gasteiger partial charge on any atom is 0.245 e. The van der Waals surface area contributed by atoms with Gasteiger partial charge in [0.05, 0.1) is 5.02 Å². The van der Waals surface area contributed by atoms with Gasteiger partial charge in [0, 0.05) is 30.8 Å². The van der Waals surface area contributed by atoms with Crippen LogP contribution >= 0.6 is 11.6 Å². The van der Waals surface area contributed by atoms with Gasteiger partial charge in [0.25, 0.3) is 0 Å². The number of hydrogen-bond donors (Lipinski definition) is 1. The zero-order valence-corrected chi connectivity index (χ0v) is 14.0. The van der Waals surface area contributed by atoms with Crippen molar-refractivity contribution in [1.82, 2.24) is 4.90 Å². The molecule has 0 spiro atoms. The second-order valence-electron chi connectivity index (χ2n) is 5.78. The average molecular weight is 351 g/mol. The molecule has 0 radical (unpaired) electrons. The van der Waals surface area contributed by atoms with Gasteiger partial charge in [-0.3, -0.25) is 9.59 Å². The van der Waals surface area contributed by atoms with Crippen LogP contribution in [0.25, 0.3) is 0 Å². The van der Waals surface area contributed by atoms with Crippen molar-refractivity contribution in [2.24, 2.45) is 5.92 Å². The first-order valence-electron chi connectivity index (χ1n) is 7.90. The Labute approximate surface area is 145 Å². The Kier molecular flexibility index (Phi) is 4.94. The van der Waals surface area contributed by atoms with Gasteiger partial charge >= 0.3 is 0 Å². The molecule has 0 aliphatic carbocycles. The summed E-state index contributed by atoms with van der Waals surface area (Å²) in [4.78, 5) is 25.7. The molecule has 7 heteroatoms. The van der Waals surface area contributed by atoms with E-state index in [-0.39, 0.29) is 17.7 Å². The summed E-state index contributed by atoms with van der Waals surface area (Å²) in [6, 6.07) is 3.37. The van der Waals surface area contributed by atoms with Crippen molar-refractivity contribution >= 4 is 29.1 Å². The summed E-state index contributed by atoms with van der Waals surface area (Å²) in [5.41, 5.74) is 0.582. The lowest BCUT2D eigenvalue weighted by Crippen LogP contribution is -2.40. The molecule has 2 aliphatic rings. The number of carbonyl (C=O) groups is 2. The molecule has 24 heavy (non-hydrogen) atoms. The van der Waals surface area contributed by atoms with Gasteiger partial charge in [0.1, 0.15) is 13.2 Å². The maximum absolute atomic E-state index is 12.4. The Morgan fingerprint density at radius 2 is 1.96 bits per heavy atom. The summed E-state index contributed by atoms with van der Waals surface area (Å²) in [6.45, 7) is 5.52. The molecule has 0 bridgehead atoms. The van der Waals surface area contributed by atoms with Crippen LogP contribution < -0.4 is 14.8 Å². The maximum atomic E-state index is 12.4. The van der Waals surface area contributed by atoms with E-state index in [9.17, 15) is 9.59 Å². The molecule has 1 aromatic carbocycles. The van der Waals surface area contributed by atoms with Crippen LogP contribution in [0.1, 0.15) is 12.8 Å². The zero-order valence-electron chi connectivity index (χ0n) is 13.2. The molecule has 6 nitrogen and oxygen atoms in total. The topological polar surface area (TPSA) is 67.9 Å². The Bertz CT molecular complexity index is 669. The second kappa shape index (κ2) is 7.13. The van der Waals surface area contributed by atoms with Crippen LogP contribution in [-0.2, 0) is 9.59 Å². The number of anilines is 1. The fourth-order valence-electron chi connectivity index (χ4n) is 2.92. The summed E-state index contributed by atoms with van der Waals surface area (Å²) in [5.74, 6) is 0.749. The normalized spacial score (nSPS) is 17.3. The van der Waals surface area contributed by atoms with Crippen LogP contribution in [0.5, 0.6) is 11.5 Å². The Hall–Kier alpha value is -2.21. The molecule has 0 saturated carbocycles. The van der Waals surface area contributed by atoms with Crippen LogP contribution in [0.4, 0.5) is 5.69 Å². The molecule has 0 unspecified atom stereocenters. The van der Waals surface area contributed by atoms with Crippen molar-refractivity contribution in [2.45, 2.75) is 12.8 Å². The van der Waals surface area contributed by atoms with Gasteiger partial charge in [-0.15, -0.1) is 0 Å². The van der Waals surface area contributed by atoms with Crippen LogP contribution in [-0.4, -0.2) is 43.0 Å². The monoisotopic (exact) mass is 350 g/mol. The number of benzene rings is 1. The Morgan fingerprint density at radius 3 is 2.67 bits per heavy atom. The van der Waals surface area contributed by atoms with Crippen molar-refractivity contribution in [3.8, 4) is 11.5 Å². The van der Waals surface area contributed by atoms with E-state index in [0.29, 0.717) is 61.4 Å². The quantitative estimate of drug-likeness (QED) is 0.850. The van der Waals surface area contributed by atoms with Crippen LogP contribution in [0.3, 0.4) is 0 Å². The van der Waals surface area contributed by atoms with Gasteiger partial charge in [0.15, 0.2) is 11.5 Å². The minimum atomic E-state index is -0.133. The summed E-state index contributed by atoms with van der Waals surface area (Å²) in [7, 11) is 0. The largest absolute Gasteiger partial charge is 0.486 e. The standard InChI is InChI=1S/C17H19ClN2O4/c1-2-15(21)20-5-3-11(4-6-20)17(22)19-12-9-13(18)16-14(10-12)23-7-8-24-16/h2,9-11H,1,3-8H2,(H,19,22).